The molecule has 0 radical (unpaired) electrons. The second-order valence-corrected chi connectivity index (χ2v) is 3.71. The number of ether oxygens (including phenoxy) is 1. The molecule has 92 valence electrons. The summed E-state index contributed by atoms with van der Waals surface area (Å²) >= 11 is 5.43. The lowest BCUT2D eigenvalue weighted by atomic mass is 10.0. The Kier molecular flexibility index (Phi) is 5.49. The highest BCUT2D eigenvalue weighted by Crippen LogP contribution is 2.16. The first kappa shape index (κ1) is 13.5. The van der Waals surface area contributed by atoms with E-state index in [1.807, 2.05) is 30.3 Å². The summed E-state index contributed by atoms with van der Waals surface area (Å²) in [5, 5.41) is 2.68. The van der Waals surface area contributed by atoms with Crippen LogP contribution in [0, 0.1) is 0 Å². The maximum Gasteiger partial charge on any atom is 0.307 e. The van der Waals surface area contributed by atoms with E-state index in [4.69, 9.17) is 11.6 Å². The molecule has 0 aliphatic carbocycles. The van der Waals surface area contributed by atoms with Crippen LogP contribution in [0.4, 0.5) is 0 Å². The molecule has 0 bridgehead atoms. The van der Waals surface area contributed by atoms with Gasteiger partial charge in [-0.1, -0.05) is 30.3 Å². The highest BCUT2D eigenvalue weighted by Gasteiger charge is 2.18. The topological polar surface area (TPSA) is 55.4 Å². The number of halogens is 1. The number of esters is 1. The highest BCUT2D eigenvalue weighted by molar-refractivity contribution is 6.27. The summed E-state index contributed by atoms with van der Waals surface area (Å²) in [5.74, 6) is -0.831. The van der Waals surface area contributed by atoms with E-state index < -0.39 is 6.04 Å². The molecule has 17 heavy (non-hydrogen) atoms. The maximum absolute atomic E-state index is 11.3. The molecule has 0 aliphatic rings. The summed E-state index contributed by atoms with van der Waals surface area (Å²) in [6, 6.07) is 8.81. The summed E-state index contributed by atoms with van der Waals surface area (Å²) in [4.78, 5) is 22.5. The fourth-order valence-corrected chi connectivity index (χ4v) is 1.50. The molecule has 0 saturated heterocycles. The highest BCUT2D eigenvalue weighted by atomic mass is 35.5. The average molecular weight is 256 g/mol. The fraction of sp³-hybridized carbons (Fsp3) is 0.333. The number of methoxy groups -OCH3 is 1. The number of carbonyl (C=O) groups is 2. The Bertz CT molecular complexity index is 363. The fourth-order valence-electron chi connectivity index (χ4n) is 1.42. The molecule has 1 aromatic rings. The Balaban J connectivity index is 2.79. The van der Waals surface area contributed by atoms with Crippen LogP contribution in [0.5, 0.6) is 0 Å². The van der Waals surface area contributed by atoms with E-state index in [1.54, 1.807) is 0 Å². The summed E-state index contributed by atoms with van der Waals surface area (Å²) in [6.07, 6.45) is 0.0865. The predicted molar refractivity (Wildman–Crippen MR) is 64.7 cm³/mol. The van der Waals surface area contributed by atoms with Crippen LogP contribution >= 0.6 is 11.6 Å². The lowest BCUT2D eigenvalue weighted by molar-refractivity contribution is -0.141. The molecule has 1 aromatic carbocycles. The molecule has 1 atom stereocenters. The first-order valence-corrected chi connectivity index (χ1v) is 5.68. The van der Waals surface area contributed by atoms with E-state index in [2.05, 4.69) is 10.1 Å². The van der Waals surface area contributed by atoms with Crippen LogP contribution in [0.25, 0.3) is 0 Å². The zero-order chi connectivity index (χ0) is 12.7. The maximum atomic E-state index is 11.3. The number of carbonyl (C=O) groups excluding carboxylic acids is 2. The van der Waals surface area contributed by atoms with Gasteiger partial charge in [0.1, 0.15) is 5.88 Å². The van der Waals surface area contributed by atoms with Crippen LogP contribution in [0.2, 0.25) is 0 Å². The van der Waals surface area contributed by atoms with Crippen LogP contribution in [0.3, 0.4) is 0 Å². The summed E-state index contributed by atoms with van der Waals surface area (Å²) in [7, 11) is 1.31. The Morgan fingerprint density at radius 2 is 2.00 bits per heavy atom. The van der Waals surface area contributed by atoms with Gasteiger partial charge in [0.15, 0.2) is 0 Å². The number of alkyl halides is 1. The van der Waals surface area contributed by atoms with Crippen molar-refractivity contribution in [1.82, 2.24) is 5.32 Å². The van der Waals surface area contributed by atoms with Gasteiger partial charge in [0.25, 0.3) is 0 Å². The second kappa shape index (κ2) is 6.91. The van der Waals surface area contributed by atoms with Gasteiger partial charge in [-0.2, -0.15) is 0 Å². The van der Waals surface area contributed by atoms with Gasteiger partial charge in [-0.05, 0) is 5.56 Å². The minimum absolute atomic E-state index is 0.0865. The third-order valence-corrected chi connectivity index (χ3v) is 2.50. The van der Waals surface area contributed by atoms with Crippen molar-refractivity contribution in [2.75, 3.05) is 13.0 Å². The van der Waals surface area contributed by atoms with Crippen molar-refractivity contribution in [3.05, 3.63) is 35.9 Å². The Morgan fingerprint density at radius 3 is 2.53 bits per heavy atom. The molecule has 4 nitrogen and oxygen atoms in total. The van der Waals surface area contributed by atoms with E-state index in [0.29, 0.717) is 0 Å². The molecule has 0 fully saturated rings. The molecule has 1 rings (SSSR count). The second-order valence-electron chi connectivity index (χ2n) is 3.44. The zero-order valence-electron chi connectivity index (χ0n) is 9.48. The van der Waals surface area contributed by atoms with Crippen molar-refractivity contribution in [1.29, 1.82) is 0 Å². The Hall–Kier alpha value is -1.55. The van der Waals surface area contributed by atoms with Crippen LogP contribution < -0.4 is 5.32 Å². The van der Waals surface area contributed by atoms with Crippen molar-refractivity contribution in [3.8, 4) is 0 Å². The standard InChI is InChI=1S/C12H14ClNO3/c1-17-12(16)7-10(14-11(15)8-13)9-5-3-2-4-6-9/h2-6,10H,7-8H2,1H3,(H,14,15)/t10-/m1/s1. The Morgan fingerprint density at radius 1 is 1.35 bits per heavy atom. The summed E-state index contributed by atoms with van der Waals surface area (Å²) in [6.45, 7) is 0. The summed E-state index contributed by atoms with van der Waals surface area (Å²) < 4.78 is 4.59. The van der Waals surface area contributed by atoms with E-state index in [9.17, 15) is 9.59 Å². The lowest BCUT2D eigenvalue weighted by Crippen LogP contribution is -2.31. The van der Waals surface area contributed by atoms with E-state index in [0.717, 1.165) is 5.56 Å². The zero-order valence-corrected chi connectivity index (χ0v) is 10.2. The molecule has 0 unspecified atom stereocenters. The summed E-state index contributed by atoms with van der Waals surface area (Å²) in [5.41, 5.74) is 0.844. The number of hydrogen-bond donors (Lipinski definition) is 1. The number of rotatable bonds is 5. The van der Waals surface area contributed by atoms with E-state index >= 15 is 0 Å². The Labute approximate surface area is 105 Å². The van der Waals surface area contributed by atoms with Crippen molar-refractivity contribution < 1.29 is 14.3 Å². The smallest absolute Gasteiger partial charge is 0.307 e. The third kappa shape index (κ3) is 4.44. The molecule has 0 aliphatic heterocycles. The number of benzene rings is 1. The molecular formula is C12H14ClNO3. The van der Waals surface area contributed by atoms with Gasteiger partial charge in [0.2, 0.25) is 5.91 Å². The van der Waals surface area contributed by atoms with Gasteiger partial charge in [-0.25, -0.2) is 0 Å². The number of hydrogen-bond acceptors (Lipinski definition) is 3. The van der Waals surface area contributed by atoms with E-state index in [1.165, 1.54) is 7.11 Å². The van der Waals surface area contributed by atoms with Crippen molar-refractivity contribution in [2.24, 2.45) is 0 Å². The molecule has 0 saturated carbocycles. The monoisotopic (exact) mass is 255 g/mol. The molecule has 0 aromatic heterocycles. The van der Waals surface area contributed by atoms with Crippen molar-refractivity contribution >= 4 is 23.5 Å². The van der Waals surface area contributed by atoms with Crippen molar-refractivity contribution in [3.63, 3.8) is 0 Å². The molecule has 0 heterocycles. The minimum atomic E-state index is -0.408. The predicted octanol–water partition coefficient (Wildman–Crippen LogP) is 1.65. The first-order valence-electron chi connectivity index (χ1n) is 5.14. The van der Waals surface area contributed by atoms with Gasteiger partial charge >= 0.3 is 5.97 Å². The van der Waals surface area contributed by atoms with Gasteiger partial charge in [-0.15, -0.1) is 11.6 Å². The first-order chi connectivity index (χ1) is 8.17. The SMILES string of the molecule is COC(=O)C[C@@H](NC(=O)CCl)c1ccccc1. The van der Waals surface area contributed by atoms with E-state index in [-0.39, 0.29) is 24.2 Å². The average Bonchev–Trinajstić information content (AvgIpc) is 2.38. The van der Waals surface area contributed by atoms with Gasteiger partial charge in [-0.3, -0.25) is 9.59 Å². The lowest BCUT2D eigenvalue weighted by Gasteiger charge is -2.17. The van der Waals surface area contributed by atoms with Crippen LogP contribution in [0.1, 0.15) is 18.0 Å². The van der Waals surface area contributed by atoms with Gasteiger partial charge in [0, 0.05) is 0 Å². The molecule has 5 heteroatoms. The van der Waals surface area contributed by atoms with Crippen LogP contribution in [-0.4, -0.2) is 24.9 Å². The van der Waals surface area contributed by atoms with Gasteiger partial charge in [0.05, 0.1) is 19.6 Å². The molecule has 1 N–H and O–H groups in total. The van der Waals surface area contributed by atoms with Gasteiger partial charge < -0.3 is 10.1 Å². The van der Waals surface area contributed by atoms with Crippen molar-refractivity contribution in [2.45, 2.75) is 12.5 Å². The molecule has 1 amide bonds. The third-order valence-electron chi connectivity index (χ3n) is 2.26. The number of nitrogens with one attached hydrogen (secondary N) is 1. The normalized spacial score (nSPS) is 11.6. The van der Waals surface area contributed by atoms with Crippen LogP contribution in [0.15, 0.2) is 30.3 Å². The minimum Gasteiger partial charge on any atom is -0.469 e. The molecular weight excluding hydrogens is 242 g/mol. The quantitative estimate of drug-likeness (QED) is 0.643. The molecule has 0 spiro atoms. The van der Waals surface area contributed by atoms with Crippen LogP contribution in [-0.2, 0) is 14.3 Å². The number of amides is 1. The largest absolute Gasteiger partial charge is 0.469 e.